The van der Waals surface area contributed by atoms with Crippen LogP contribution in [0, 0.1) is 17.8 Å². The van der Waals surface area contributed by atoms with Gasteiger partial charge in [-0.25, -0.2) is 0 Å². The Morgan fingerprint density at radius 3 is 1.82 bits per heavy atom. The van der Waals surface area contributed by atoms with E-state index in [1.54, 1.807) is 24.3 Å². The Labute approximate surface area is 210 Å². The van der Waals surface area contributed by atoms with E-state index in [1.807, 2.05) is 0 Å². The summed E-state index contributed by atoms with van der Waals surface area (Å²) < 4.78 is 24.9. The maximum absolute atomic E-state index is 12.4. The molecule has 0 atom stereocenters. The first-order valence-electron chi connectivity index (χ1n) is 13.3. The van der Waals surface area contributed by atoms with Crippen molar-refractivity contribution in [2.75, 3.05) is 0 Å². The van der Waals surface area contributed by atoms with E-state index in [4.69, 9.17) is 0 Å². The van der Waals surface area contributed by atoms with E-state index < -0.39 is 5.76 Å². The molecule has 2 aromatic rings. The van der Waals surface area contributed by atoms with Gasteiger partial charge in [0.25, 0.3) is 5.76 Å². The molecule has 2 aromatic carbocycles. The average Bonchev–Trinajstić information content (AvgIpc) is 2.86. The Morgan fingerprint density at radius 1 is 0.735 bits per heavy atom. The van der Waals surface area contributed by atoms with E-state index in [1.165, 1.54) is 89.0 Å². The minimum Gasteiger partial charge on any atom is -0.198 e. The van der Waals surface area contributed by atoms with Crippen LogP contribution in [0.5, 0.6) is 0 Å². The molecule has 1 saturated carbocycles. The zero-order chi connectivity index (χ0) is 24.0. The van der Waals surface area contributed by atoms with Gasteiger partial charge in [-0.3, -0.25) is 0 Å². The van der Waals surface area contributed by atoms with Gasteiger partial charge >= 0.3 is 0 Å². The van der Waals surface area contributed by atoms with E-state index in [-0.39, 0.29) is 0 Å². The molecule has 0 saturated heterocycles. The monoisotopic (exact) mass is 482 g/mol. The van der Waals surface area contributed by atoms with Gasteiger partial charge in [0.15, 0.2) is 0 Å². The molecule has 0 nitrogen and oxygen atoms in total. The average molecular weight is 483 g/mol. The first-order chi connectivity index (χ1) is 16.6. The number of halogens is 2. The third-order valence-corrected chi connectivity index (χ3v) is 7.85. The lowest BCUT2D eigenvalue weighted by Gasteiger charge is -2.29. The Kier molecular flexibility index (Phi) is 12.0. The number of hydrogen-bond acceptors (Lipinski definition) is 1. The minimum absolute atomic E-state index is 0.564. The zero-order valence-corrected chi connectivity index (χ0v) is 21.5. The second-order valence-electron chi connectivity index (χ2n) is 9.76. The molecule has 1 aliphatic carbocycles. The molecule has 0 heterocycles. The third kappa shape index (κ3) is 9.83. The van der Waals surface area contributed by atoms with E-state index >= 15 is 0 Å². The van der Waals surface area contributed by atoms with Gasteiger partial charge in [-0.05, 0) is 79.5 Å². The summed E-state index contributed by atoms with van der Waals surface area (Å²) in [6.07, 6.45) is 18.1. The smallest absolute Gasteiger partial charge is 0.198 e. The Balaban J connectivity index is 1.36. The minimum atomic E-state index is -2.39. The van der Waals surface area contributed by atoms with Crippen LogP contribution in [-0.2, 0) is 0 Å². The molecule has 1 fully saturated rings. The van der Waals surface area contributed by atoms with Crippen LogP contribution in [0.15, 0.2) is 53.4 Å². The topological polar surface area (TPSA) is 0 Å². The van der Waals surface area contributed by atoms with Crippen LogP contribution >= 0.6 is 11.8 Å². The van der Waals surface area contributed by atoms with Crippen LogP contribution in [0.4, 0.5) is 8.78 Å². The van der Waals surface area contributed by atoms with Crippen LogP contribution in [0.25, 0.3) is 0 Å². The molecule has 0 bridgehead atoms. The predicted octanol–water partition coefficient (Wildman–Crippen LogP) is 10.2. The van der Waals surface area contributed by atoms with Gasteiger partial charge in [-0.1, -0.05) is 100 Å². The van der Waals surface area contributed by atoms with Crippen LogP contribution < -0.4 is 0 Å². The van der Waals surface area contributed by atoms with Crippen LogP contribution in [0.2, 0.25) is 0 Å². The third-order valence-electron chi connectivity index (χ3n) is 7.13. The number of alkyl halides is 2. The number of unbranched alkanes of at least 4 members (excludes halogenated alkanes) is 7. The first kappa shape index (κ1) is 26.8. The highest BCUT2D eigenvalue weighted by Gasteiger charge is 2.21. The summed E-state index contributed by atoms with van der Waals surface area (Å²) in [6, 6.07) is 15.7. The maximum Gasteiger partial charge on any atom is 0.288 e. The number of hydrogen-bond donors (Lipinski definition) is 0. The molecule has 0 radical (unpaired) electrons. The molecular formula is C31H40F2S. The zero-order valence-electron chi connectivity index (χ0n) is 20.7. The predicted molar refractivity (Wildman–Crippen MR) is 143 cm³/mol. The van der Waals surface area contributed by atoms with E-state index in [0.717, 1.165) is 17.0 Å². The van der Waals surface area contributed by atoms with Gasteiger partial charge in [0.2, 0.25) is 0 Å². The van der Waals surface area contributed by atoms with Crippen molar-refractivity contribution in [3.8, 4) is 11.8 Å². The summed E-state index contributed by atoms with van der Waals surface area (Å²) >= 11 is 0.564. The SMILES string of the molecule is CCCCCCCCCC[C@H]1CC[C@H](c2ccc(C#Cc3ccc(SC(F)F)cc3)cc2)CC1. The quantitative estimate of drug-likeness (QED) is 0.165. The van der Waals surface area contributed by atoms with Gasteiger partial charge < -0.3 is 0 Å². The van der Waals surface area contributed by atoms with Crippen molar-refractivity contribution >= 4 is 11.8 Å². The molecular weight excluding hydrogens is 442 g/mol. The maximum atomic E-state index is 12.4. The fourth-order valence-electron chi connectivity index (χ4n) is 5.05. The van der Waals surface area contributed by atoms with Crippen molar-refractivity contribution in [2.24, 2.45) is 5.92 Å². The molecule has 0 amide bonds. The molecule has 1 aliphatic rings. The summed E-state index contributed by atoms with van der Waals surface area (Å²) in [7, 11) is 0. The number of rotatable bonds is 12. The largest absolute Gasteiger partial charge is 0.288 e. The highest BCUT2D eigenvalue weighted by atomic mass is 32.2. The van der Waals surface area contributed by atoms with Crippen molar-refractivity contribution in [1.29, 1.82) is 0 Å². The molecule has 3 rings (SSSR count). The van der Waals surface area contributed by atoms with Gasteiger partial charge in [0, 0.05) is 16.0 Å². The van der Waals surface area contributed by atoms with Crippen molar-refractivity contribution < 1.29 is 8.78 Å². The van der Waals surface area contributed by atoms with Crippen molar-refractivity contribution in [1.82, 2.24) is 0 Å². The Morgan fingerprint density at radius 2 is 1.26 bits per heavy atom. The lowest BCUT2D eigenvalue weighted by molar-refractivity contribution is 0.252. The van der Waals surface area contributed by atoms with E-state index in [0.29, 0.717) is 22.6 Å². The summed E-state index contributed by atoms with van der Waals surface area (Å²) in [5, 5.41) is 0. The van der Waals surface area contributed by atoms with Crippen molar-refractivity contribution in [2.45, 2.75) is 107 Å². The second kappa shape index (κ2) is 15.3. The second-order valence-corrected chi connectivity index (χ2v) is 10.8. The Bertz CT molecular complexity index is 868. The lowest BCUT2D eigenvalue weighted by Crippen LogP contribution is -2.13. The van der Waals surface area contributed by atoms with Gasteiger partial charge in [-0.15, -0.1) is 0 Å². The fourth-order valence-corrected chi connectivity index (χ4v) is 5.55. The van der Waals surface area contributed by atoms with Crippen LogP contribution in [0.1, 0.15) is 113 Å². The molecule has 34 heavy (non-hydrogen) atoms. The van der Waals surface area contributed by atoms with E-state index in [9.17, 15) is 8.78 Å². The summed E-state index contributed by atoms with van der Waals surface area (Å²) in [6.45, 7) is 2.28. The summed E-state index contributed by atoms with van der Waals surface area (Å²) in [5.41, 5.74) is 3.29. The number of benzene rings is 2. The van der Waals surface area contributed by atoms with Gasteiger partial charge in [0.1, 0.15) is 0 Å². The number of thioether (sulfide) groups is 1. The summed E-state index contributed by atoms with van der Waals surface area (Å²) in [5.74, 6) is 5.58. The fraction of sp³-hybridized carbons (Fsp3) is 0.548. The van der Waals surface area contributed by atoms with Gasteiger partial charge in [-0.2, -0.15) is 8.78 Å². The highest BCUT2D eigenvalue weighted by molar-refractivity contribution is 7.99. The van der Waals surface area contributed by atoms with Crippen molar-refractivity contribution in [3.05, 3.63) is 65.2 Å². The van der Waals surface area contributed by atoms with Crippen molar-refractivity contribution in [3.63, 3.8) is 0 Å². The Hall–Kier alpha value is -1.79. The van der Waals surface area contributed by atoms with E-state index in [2.05, 4.69) is 43.0 Å². The first-order valence-corrected chi connectivity index (χ1v) is 14.2. The molecule has 184 valence electrons. The molecule has 0 aromatic heterocycles. The van der Waals surface area contributed by atoms with Gasteiger partial charge in [0.05, 0.1) is 0 Å². The van der Waals surface area contributed by atoms with Crippen LogP contribution in [0.3, 0.4) is 0 Å². The molecule has 0 spiro atoms. The van der Waals surface area contributed by atoms with Crippen LogP contribution in [-0.4, -0.2) is 5.76 Å². The normalized spacial score (nSPS) is 18.0. The lowest BCUT2D eigenvalue weighted by atomic mass is 9.77. The summed E-state index contributed by atoms with van der Waals surface area (Å²) in [4.78, 5) is 0.567. The standard InChI is InChI=1S/C31H40F2S/c1-2-3-4-5-6-7-8-9-10-25-13-19-28(20-14-25)29-21-15-26(16-22-29)11-12-27-17-23-30(24-18-27)34-31(32)33/h15-18,21-25,28,31H,2-10,13-14,19-20H2,1H3/t25-,28-. The highest BCUT2D eigenvalue weighted by Crippen LogP contribution is 2.37. The molecule has 0 unspecified atom stereocenters. The molecule has 3 heteroatoms. The molecule has 0 aliphatic heterocycles. The molecule has 0 N–H and O–H groups in total.